The number of nitrogens with one attached hydrogen (secondary N) is 1. The minimum absolute atomic E-state index is 0.304. The molecule has 0 aliphatic carbocycles. The third kappa shape index (κ3) is 1.92. The fraction of sp³-hybridized carbons (Fsp3) is 0.538. The molecule has 0 aromatic carbocycles. The second-order valence-electron chi connectivity index (χ2n) is 5.32. The zero-order valence-corrected chi connectivity index (χ0v) is 11.5. The predicted octanol–water partition coefficient (Wildman–Crippen LogP) is 1.34. The summed E-state index contributed by atoms with van der Waals surface area (Å²) in [7, 11) is 1.97. The molecule has 0 amide bonds. The Morgan fingerprint density at radius 1 is 1.42 bits per heavy atom. The minimum atomic E-state index is 0.304. The van der Waals surface area contributed by atoms with E-state index in [1.54, 1.807) is 6.26 Å². The molecule has 6 heteroatoms. The quantitative estimate of drug-likeness (QED) is 0.867. The zero-order chi connectivity index (χ0) is 13.6. The first-order chi connectivity index (χ1) is 9.10. The van der Waals surface area contributed by atoms with Gasteiger partial charge in [0.25, 0.3) is 0 Å². The molecule has 1 saturated heterocycles. The van der Waals surface area contributed by atoms with Gasteiger partial charge in [-0.1, -0.05) is 13.8 Å². The van der Waals surface area contributed by atoms with Crippen LogP contribution in [0.15, 0.2) is 10.7 Å². The smallest absolute Gasteiger partial charge is 0.222 e. The van der Waals surface area contributed by atoms with E-state index < -0.39 is 0 Å². The van der Waals surface area contributed by atoms with Gasteiger partial charge in [-0.2, -0.15) is 4.98 Å². The third-order valence-corrected chi connectivity index (χ3v) is 3.65. The fourth-order valence-electron chi connectivity index (χ4n) is 2.40. The number of fused-ring (bicyclic) bond motifs is 1. The van der Waals surface area contributed by atoms with E-state index in [-0.39, 0.29) is 0 Å². The van der Waals surface area contributed by atoms with Gasteiger partial charge in [0, 0.05) is 24.7 Å². The van der Waals surface area contributed by atoms with Gasteiger partial charge in [-0.25, -0.2) is 4.98 Å². The number of nitrogens with two attached hydrogens (primary N) is 1. The summed E-state index contributed by atoms with van der Waals surface area (Å²) in [4.78, 5) is 10.8. The highest BCUT2D eigenvalue weighted by Gasteiger charge is 2.30. The molecular weight excluding hydrogens is 242 g/mol. The standard InChI is InChI=1S/C13H19N5O/c1-7(2)9-6-19-11-10(9)16-13(14)17-12(11)18-4-8(5-18)15-3/h6-8,15H,4-5H2,1-3H3,(H2,14,16,17). The van der Waals surface area contributed by atoms with Crippen molar-refractivity contribution in [3.63, 3.8) is 0 Å². The zero-order valence-electron chi connectivity index (χ0n) is 11.5. The van der Waals surface area contributed by atoms with Crippen molar-refractivity contribution in [2.75, 3.05) is 30.8 Å². The fourth-order valence-corrected chi connectivity index (χ4v) is 2.40. The summed E-state index contributed by atoms with van der Waals surface area (Å²) >= 11 is 0. The highest BCUT2D eigenvalue weighted by Crippen LogP contribution is 2.33. The molecule has 0 bridgehead atoms. The first-order valence-corrected chi connectivity index (χ1v) is 6.57. The Balaban J connectivity index is 2.05. The molecule has 1 fully saturated rings. The first kappa shape index (κ1) is 12.2. The lowest BCUT2D eigenvalue weighted by Gasteiger charge is -2.39. The Hall–Kier alpha value is -1.82. The van der Waals surface area contributed by atoms with Gasteiger partial charge in [-0.3, -0.25) is 0 Å². The molecule has 3 rings (SSSR count). The topological polar surface area (TPSA) is 80.2 Å². The van der Waals surface area contributed by atoms with Crippen LogP contribution in [0.4, 0.5) is 11.8 Å². The molecule has 1 aliphatic heterocycles. The lowest BCUT2D eigenvalue weighted by atomic mass is 10.1. The van der Waals surface area contributed by atoms with Gasteiger partial charge in [0.05, 0.1) is 6.26 Å². The maximum atomic E-state index is 5.83. The summed E-state index contributed by atoms with van der Waals surface area (Å²) in [5.41, 5.74) is 8.49. The number of aromatic nitrogens is 2. The van der Waals surface area contributed by atoms with Gasteiger partial charge in [0.2, 0.25) is 5.95 Å². The van der Waals surface area contributed by atoms with Crippen molar-refractivity contribution in [2.24, 2.45) is 0 Å². The van der Waals surface area contributed by atoms with E-state index in [0.717, 1.165) is 35.6 Å². The third-order valence-electron chi connectivity index (χ3n) is 3.65. The molecule has 2 aromatic rings. The second-order valence-corrected chi connectivity index (χ2v) is 5.32. The maximum absolute atomic E-state index is 5.83. The lowest BCUT2D eigenvalue weighted by molar-refractivity contribution is 0.446. The number of nitrogen functional groups attached to an aromatic ring is 1. The average molecular weight is 261 g/mol. The Kier molecular flexibility index (Phi) is 2.82. The van der Waals surface area contributed by atoms with Gasteiger partial charge in [0.15, 0.2) is 11.4 Å². The van der Waals surface area contributed by atoms with E-state index in [4.69, 9.17) is 10.2 Å². The van der Waals surface area contributed by atoms with E-state index in [0.29, 0.717) is 17.9 Å². The van der Waals surface area contributed by atoms with Gasteiger partial charge < -0.3 is 20.4 Å². The number of anilines is 2. The molecule has 0 saturated carbocycles. The minimum Gasteiger partial charge on any atom is -0.458 e. The van der Waals surface area contributed by atoms with E-state index in [1.807, 2.05) is 7.05 Å². The largest absolute Gasteiger partial charge is 0.458 e. The summed E-state index contributed by atoms with van der Waals surface area (Å²) in [6.07, 6.45) is 1.77. The van der Waals surface area contributed by atoms with Crippen LogP contribution in [-0.2, 0) is 0 Å². The number of likely N-dealkylation sites (N-methyl/N-ethyl adjacent to an activating group) is 1. The molecular formula is C13H19N5O. The SMILES string of the molecule is CNC1CN(c2nc(N)nc3c(C(C)C)coc23)C1. The molecule has 0 spiro atoms. The first-order valence-electron chi connectivity index (χ1n) is 6.57. The van der Waals surface area contributed by atoms with Crippen molar-refractivity contribution in [3.8, 4) is 0 Å². The van der Waals surface area contributed by atoms with Crippen LogP contribution in [0.2, 0.25) is 0 Å². The van der Waals surface area contributed by atoms with Crippen LogP contribution >= 0.6 is 0 Å². The highest BCUT2D eigenvalue weighted by atomic mass is 16.3. The van der Waals surface area contributed by atoms with Gasteiger partial charge >= 0.3 is 0 Å². The number of hydrogen-bond donors (Lipinski definition) is 2. The molecule has 3 heterocycles. The molecule has 0 atom stereocenters. The molecule has 102 valence electrons. The predicted molar refractivity (Wildman–Crippen MR) is 75.4 cm³/mol. The lowest BCUT2D eigenvalue weighted by Crippen LogP contribution is -2.57. The summed E-state index contributed by atoms with van der Waals surface area (Å²) < 4.78 is 5.68. The number of rotatable bonds is 3. The Morgan fingerprint density at radius 2 is 2.16 bits per heavy atom. The monoisotopic (exact) mass is 261 g/mol. The summed E-state index contributed by atoms with van der Waals surface area (Å²) in [5.74, 6) is 1.46. The Bertz CT molecular complexity index is 600. The van der Waals surface area contributed by atoms with Crippen LogP contribution in [0.25, 0.3) is 11.1 Å². The van der Waals surface area contributed by atoms with E-state index >= 15 is 0 Å². The van der Waals surface area contributed by atoms with Gasteiger partial charge in [-0.05, 0) is 13.0 Å². The molecule has 1 aliphatic rings. The van der Waals surface area contributed by atoms with Crippen molar-refractivity contribution < 1.29 is 4.42 Å². The van der Waals surface area contributed by atoms with Crippen molar-refractivity contribution in [3.05, 3.63) is 11.8 Å². The van der Waals surface area contributed by atoms with Crippen LogP contribution in [0.5, 0.6) is 0 Å². The van der Waals surface area contributed by atoms with Crippen LogP contribution in [0.1, 0.15) is 25.3 Å². The van der Waals surface area contributed by atoms with E-state index in [1.165, 1.54) is 0 Å². The molecule has 2 aromatic heterocycles. The summed E-state index contributed by atoms with van der Waals surface area (Å²) in [6.45, 7) is 6.06. The van der Waals surface area contributed by atoms with Crippen LogP contribution < -0.4 is 16.0 Å². The van der Waals surface area contributed by atoms with Crippen molar-refractivity contribution in [1.29, 1.82) is 0 Å². The Labute approximate surface area is 112 Å². The summed E-state index contributed by atoms with van der Waals surface area (Å²) in [6, 6.07) is 0.505. The van der Waals surface area contributed by atoms with Gasteiger partial charge in [-0.15, -0.1) is 0 Å². The molecule has 0 radical (unpaired) electrons. The number of hydrogen-bond acceptors (Lipinski definition) is 6. The van der Waals surface area contributed by atoms with Crippen LogP contribution in [-0.4, -0.2) is 36.1 Å². The molecule has 0 unspecified atom stereocenters. The van der Waals surface area contributed by atoms with Crippen molar-refractivity contribution >= 4 is 22.9 Å². The molecule has 19 heavy (non-hydrogen) atoms. The normalized spacial score (nSPS) is 16.3. The van der Waals surface area contributed by atoms with Gasteiger partial charge in [0.1, 0.15) is 5.52 Å². The van der Waals surface area contributed by atoms with Crippen LogP contribution in [0.3, 0.4) is 0 Å². The second kappa shape index (κ2) is 4.38. The highest BCUT2D eigenvalue weighted by molar-refractivity contribution is 5.88. The number of furan rings is 1. The maximum Gasteiger partial charge on any atom is 0.222 e. The van der Waals surface area contributed by atoms with E-state index in [2.05, 4.69) is 34.0 Å². The van der Waals surface area contributed by atoms with Crippen molar-refractivity contribution in [1.82, 2.24) is 15.3 Å². The molecule has 6 nitrogen and oxygen atoms in total. The van der Waals surface area contributed by atoms with E-state index in [9.17, 15) is 0 Å². The summed E-state index contributed by atoms with van der Waals surface area (Å²) in [5, 5.41) is 3.24. The average Bonchev–Trinajstić information content (AvgIpc) is 2.70. The molecule has 3 N–H and O–H groups in total. The van der Waals surface area contributed by atoms with Crippen LogP contribution in [0, 0.1) is 0 Å². The number of nitrogens with zero attached hydrogens (tertiary/aromatic N) is 3. The Morgan fingerprint density at radius 3 is 2.79 bits per heavy atom. The van der Waals surface area contributed by atoms with Crippen molar-refractivity contribution in [2.45, 2.75) is 25.8 Å².